The predicted octanol–water partition coefficient (Wildman–Crippen LogP) is 1.47. The first-order valence-electron chi connectivity index (χ1n) is 8.79. The third kappa shape index (κ3) is 3.90. The Bertz CT molecular complexity index is 1020. The van der Waals surface area contributed by atoms with Crippen LogP contribution in [0, 0.1) is 13.8 Å². The number of amides is 1. The summed E-state index contributed by atoms with van der Waals surface area (Å²) in [4.78, 5) is 25.6. The zero-order chi connectivity index (χ0) is 19.4. The molecule has 0 aliphatic rings. The van der Waals surface area contributed by atoms with E-state index in [0.29, 0.717) is 36.6 Å². The van der Waals surface area contributed by atoms with E-state index in [-0.39, 0.29) is 17.7 Å². The van der Waals surface area contributed by atoms with Gasteiger partial charge in [-0.1, -0.05) is 6.07 Å². The van der Waals surface area contributed by atoms with E-state index in [2.05, 4.69) is 15.5 Å². The van der Waals surface area contributed by atoms with Crippen molar-refractivity contribution in [3.8, 4) is 0 Å². The van der Waals surface area contributed by atoms with Crippen LogP contribution in [0.25, 0.3) is 5.65 Å². The molecule has 27 heavy (non-hydrogen) atoms. The van der Waals surface area contributed by atoms with Crippen LogP contribution in [0.15, 0.2) is 35.3 Å². The molecule has 8 heteroatoms. The minimum Gasteiger partial charge on any atom is -0.385 e. The van der Waals surface area contributed by atoms with E-state index in [1.807, 2.05) is 37.4 Å². The van der Waals surface area contributed by atoms with Gasteiger partial charge in [0.1, 0.15) is 5.56 Å². The van der Waals surface area contributed by atoms with Crippen LogP contribution in [-0.4, -0.2) is 38.8 Å². The molecule has 0 bridgehead atoms. The molecule has 142 valence electrons. The zero-order valence-electron chi connectivity index (χ0n) is 15.7. The lowest BCUT2D eigenvalue weighted by Gasteiger charge is -2.14. The van der Waals surface area contributed by atoms with Crippen LogP contribution in [0.5, 0.6) is 0 Å². The maximum atomic E-state index is 12.8. The van der Waals surface area contributed by atoms with Crippen molar-refractivity contribution < 1.29 is 9.53 Å². The molecule has 0 fully saturated rings. The Balaban J connectivity index is 1.81. The molecule has 3 heterocycles. The maximum Gasteiger partial charge on any atom is 0.263 e. The number of rotatable bonds is 7. The van der Waals surface area contributed by atoms with E-state index in [4.69, 9.17) is 4.74 Å². The van der Waals surface area contributed by atoms with Gasteiger partial charge in [-0.15, -0.1) is 10.2 Å². The van der Waals surface area contributed by atoms with Gasteiger partial charge in [0.25, 0.3) is 11.5 Å². The van der Waals surface area contributed by atoms with Crippen LogP contribution in [0.4, 0.5) is 0 Å². The second kappa shape index (κ2) is 8.13. The van der Waals surface area contributed by atoms with E-state index in [1.165, 1.54) is 0 Å². The van der Waals surface area contributed by atoms with E-state index in [1.54, 1.807) is 23.0 Å². The number of methoxy groups -OCH3 is 1. The lowest BCUT2D eigenvalue weighted by atomic mass is 10.1. The Hall–Kier alpha value is -3.00. The third-order valence-electron chi connectivity index (χ3n) is 4.45. The molecular weight excluding hydrogens is 346 g/mol. The van der Waals surface area contributed by atoms with Crippen molar-refractivity contribution in [1.29, 1.82) is 0 Å². The van der Waals surface area contributed by atoms with Crippen molar-refractivity contribution in [3.05, 3.63) is 63.5 Å². The van der Waals surface area contributed by atoms with Crippen LogP contribution < -0.4 is 10.9 Å². The van der Waals surface area contributed by atoms with Crippen LogP contribution >= 0.6 is 0 Å². The number of nitrogens with one attached hydrogen (secondary N) is 1. The number of pyridine rings is 2. The average Bonchev–Trinajstić information content (AvgIpc) is 3.06. The monoisotopic (exact) mass is 369 g/mol. The topological polar surface area (TPSA) is 90.5 Å². The molecule has 8 nitrogen and oxygen atoms in total. The van der Waals surface area contributed by atoms with Gasteiger partial charge in [0.15, 0.2) is 11.5 Å². The Morgan fingerprint density at radius 3 is 2.85 bits per heavy atom. The lowest BCUT2D eigenvalue weighted by molar-refractivity contribution is 0.0947. The van der Waals surface area contributed by atoms with Gasteiger partial charge < -0.3 is 14.6 Å². The van der Waals surface area contributed by atoms with E-state index >= 15 is 0 Å². The van der Waals surface area contributed by atoms with Crippen molar-refractivity contribution in [1.82, 2.24) is 24.5 Å². The molecule has 3 aromatic heterocycles. The van der Waals surface area contributed by atoms with Crippen LogP contribution in [0.3, 0.4) is 0 Å². The molecule has 0 spiro atoms. The van der Waals surface area contributed by atoms with Gasteiger partial charge in [0.05, 0.1) is 6.54 Å². The molecule has 0 saturated heterocycles. The molecule has 0 aromatic carbocycles. The number of carbonyl (C=O) groups is 1. The second-order valence-electron chi connectivity index (χ2n) is 6.37. The summed E-state index contributed by atoms with van der Waals surface area (Å²) in [6.07, 6.45) is 2.53. The highest BCUT2D eigenvalue weighted by Crippen LogP contribution is 2.08. The van der Waals surface area contributed by atoms with Gasteiger partial charge in [-0.25, -0.2) is 0 Å². The predicted molar refractivity (Wildman–Crippen MR) is 101 cm³/mol. The summed E-state index contributed by atoms with van der Waals surface area (Å²) in [6.45, 7) is 4.88. The standard InChI is InChI=1S/C19H23N5O3/c1-13-11-14(2)23(9-6-10-27-3)19(26)17(13)18(25)20-12-16-22-21-15-7-4-5-8-24(15)16/h4-5,7-8,11H,6,9-10,12H2,1-3H3,(H,20,25). The minimum absolute atomic E-state index is 0.159. The van der Waals surface area contributed by atoms with E-state index in [0.717, 1.165) is 5.69 Å². The molecule has 0 atom stereocenters. The molecule has 0 aliphatic heterocycles. The normalized spacial score (nSPS) is 11.1. The van der Waals surface area contributed by atoms with Crippen molar-refractivity contribution in [3.63, 3.8) is 0 Å². The summed E-state index contributed by atoms with van der Waals surface area (Å²) < 4.78 is 8.47. The Kier molecular flexibility index (Phi) is 5.66. The summed E-state index contributed by atoms with van der Waals surface area (Å²) in [5.41, 5.74) is 2.06. The SMILES string of the molecule is COCCCn1c(C)cc(C)c(C(=O)NCc2nnc3ccccn23)c1=O. The van der Waals surface area contributed by atoms with Crippen LogP contribution in [0.1, 0.15) is 33.9 Å². The molecule has 3 rings (SSSR count). The fourth-order valence-corrected chi connectivity index (χ4v) is 3.11. The largest absolute Gasteiger partial charge is 0.385 e. The molecule has 1 N–H and O–H groups in total. The maximum absolute atomic E-state index is 12.8. The number of fused-ring (bicyclic) bond motifs is 1. The first kappa shape index (κ1) is 18.8. The highest BCUT2D eigenvalue weighted by Gasteiger charge is 2.18. The van der Waals surface area contributed by atoms with Gasteiger partial charge in [-0.2, -0.15) is 0 Å². The van der Waals surface area contributed by atoms with Crippen LogP contribution in [0.2, 0.25) is 0 Å². The highest BCUT2D eigenvalue weighted by molar-refractivity contribution is 5.95. The van der Waals surface area contributed by atoms with Gasteiger partial charge in [-0.3, -0.25) is 14.0 Å². The van der Waals surface area contributed by atoms with Crippen molar-refractivity contribution in [2.75, 3.05) is 13.7 Å². The number of carbonyl (C=O) groups excluding carboxylic acids is 1. The first-order valence-corrected chi connectivity index (χ1v) is 8.79. The smallest absolute Gasteiger partial charge is 0.263 e. The average molecular weight is 369 g/mol. The van der Waals surface area contributed by atoms with E-state index < -0.39 is 5.91 Å². The lowest BCUT2D eigenvalue weighted by Crippen LogP contribution is -2.35. The van der Waals surface area contributed by atoms with Crippen molar-refractivity contribution >= 4 is 11.6 Å². The summed E-state index contributed by atoms with van der Waals surface area (Å²) in [5, 5.41) is 10.9. The summed E-state index contributed by atoms with van der Waals surface area (Å²) in [5.74, 6) is 0.190. The molecule has 0 aliphatic carbocycles. The molecule has 3 aromatic rings. The second-order valence-corrected chi connectivity index (χ2v) is 6.37. The van der Waals surface area contributed by atoms with Gasteiger partial charge in [-0.05, 0) is 44.0 Å². The summed E-state index contributed by atoms with van der Waals surface area (Å²) in [6, 6.07) is 7.43. The quantitative estimate of drug-likeness (QED) is 0.637. The molecular formula is C19H23N5O3. The number of aryl methyl sites for hydroxylation is 2. The van der Waals surface area contributed by atoms with Crippen molar-refractivity contribution in [2.45, 2.75) is 33.4 Å². The fourth-order valence-electron chi connectivity index (χ4n) is 3.11. The summed E-state index contributed by atoms with van der Waals surface area (Å²) in [7, 11) is 1.62. The van der Waals surface area contributed by atoms with Gasteiger partial charge in [0.2, 0.25) is 0 Å². The zero-order valence-corrected chi connectivity index (χ0v) is 15.7. The van der Waals surface area contributed by atoms with E-state index in [9.17, 15) is 9.59 Å². The Labute approximate surface area is 156 Å². The molecule has 0 unspecified atom stereocenters. The number of hydrogen-bond acceptors (Lipinski definition) is 5. The van der Waals surface area contributed by atoms with Crippen LogP contribution in [-0.2, 0) is 17.8 Å². The number of nitrogens with zero attached hydrogens (tertiary/aromatic N) is 4. The number of aromatic nitrogens is 4. The minimum atomic E-state index is -0.411. The molecule has 0 radical (unpaired) electrons. The highest BCUT2D eigenvalue weighted by atomic mass is 16.5. The third-order valence-corrected chi connectivity index (χ3v) is 4.45. The summed E-state index contributed by atoms with van der Waals surface area (Å²) >= 11 is 0. The fraction of sp³-hybridized carbons (Fsp3) is 0.368. The van der Waals surface area contributed by atoms with Gasteiger partial charge in [0, 0.05) is 32.2 Å². The molecule has 0 saturated carbocycles. The number of hydrogen-bond donors (Lipinski definition) is 1. The first-order chi connectivity index (χ1) is 13.0. The Morgan fingerprint density at radius 2 is 2.07 bits per heavy atom. The van der Waals surface area contributed by atoms with Gasteiger partial charge >= 0.3 is 0 Å². The Morgan fingerprint density at radius 1 is 1.26 bits per heavy atom. The van der Waals surface area contributed by atoms with Crippen molar-refractivity contribution in [2.24, 2.45) is 0 Å². The number of ether oxygens (including phenoxy) is 1. The molecule has 1 amide bonds.